The van der Waals surface area contributed by atoms with Crippen molar-refractivity contribution in [2.24, 2.45) is 0 Å². The molecule has 0 spiro atoms. The summed E-state index contributed by atoms with van der Waals surface area (Å²) in [6.45, 7) is 7.37. The van der Waals surface area contributed by atoms with Gasteiger partial charge in [-0.1, -0.05) is 42.5 Å². The monoisotopic (exact) mass is 547 g/mol. The number of halogens is 1. The first-order valence-electron chi connectivity index (χ1n) is 14.4. The molecule has 3 aromatic carbocycles. The lowest BCUT2D eigenvalue weighted by molar-refractivity contribution is -0.131. The molecular weight excluding hydrogens is 505 g/mol. The highest BCUT2D eigenvalue weighted by atomic mass is 19.1. The van der Waals surface area contributed by atoms with Crippen molar-refractivity contribution >= 4 is 11.6 Å². The van der Waals surface area contributed by atoms with Crippen molar-refractivity contribution in [2.45, 2.75) is 45.7 Å². The zero-order valence-electron chi connectivity index (χ0n) is 23.9. The molecule has 1 aliphatic heterocycles. The van der Waals surface area contributed by atoms with Crippen LogP contribution in [0.3, 0.4) is 0 Å². The van der Waals surface area contributed by atoms with Gasteiger partial charge < -0.3 is 19.3 Å². The summed E-state index contributed by atoms with van der Waals surface area (Å²) in [5.74, 6) is 1.51. The van der Waals surface area contributed by atoms with Crippen LogP contribution in [0.15, 0.2) is 72.8 Å². The third-order valence-electron chi connectivity index (χ3n) is 7.29. The predicted molar refractivity (Wildman–Crippen MR) is 158 cm³/mol. The Kier molecular flexibility index (Phi) is 11.2. The molecule has 0 atom stereocenters. The fourth-order valence-corrected chi connectivity index (χ4v) is 5.04. The second kappa shape index (κ2) is 15.3. The van der Waals surface area contributed by atoms with E-state index < -0.39 is 0 Å². The van der Waals surface area contributed by atoms with E-state index in [4.69, 9.17) is 9.47 Å². The summed E-state index contributed by atoms with van der Waals surface area (Å²) in [5, 5.41) is 0. The van der Waals surface area contributed by atoms with E-state index in [-0.39, 0.29) is 11.7 Å². The maximum Gasteiger partial charge on any atom is 0.224 e. The summed E-state index contributed by atoms with van der Waals surface area (Å²) in [4.78, 5) is 19.8. The van der Waals surface area contributed by atoms with Gasteiger partial charge in [-0.25, -0.2) is 4.39 Å². The highest BCUT2D eigenvalue weighted by Gasteiger charge is 2.20. The maximum atomic E-state index is 13.4. The maximum absolute atomic E-state index is 13.4. The van der Waals surface area contributed by atoms with Crippen LogP contribution in [0.25, 0.3) is 0 Å². The van der Waals surface area contributed by atoms with Gasteiger partial charge in [0.05, 0.1) is 13.2 Å². The van der Waals surface area contributed by atoms with Gasteiger partial charge in [-0.2, -0.15) is 0 Å². The first kappa shape index (κ1) is 29.4. The van der Waals surface area contributed by atoms with Gasteiger partial charge in [-0.05, 0) is 62.1 Å². The second-order valence-corrected chi connectivity index (χ2v) is 10.3. The van der Waals surface area contributed by atoms with E-state index in [1.54, 1.807) is 12.1 Å². The molecule has 7 heteroatoms. The normalized spacial score (nSPS) is 15.1. The van der Waals surface area contributed by atoms with Gasteiger partial charge in [0.2, 0.25) is 5.91 Å². The molecule has 0 fully saturated rings. The number of hydrogen-bond donors (Lipinski definition) is 0. The summed E-state index contributed by atoms with van der Waals surface area (Å²) in [6, 6.07) is 23.0. The zero-order valence-corrected chi connectivity index (χ0v) is 23.9. The molecule has 0 bridgehead atoms. The van der Waals surface area contributed by atoms with Crippen LogP contribution in [0.4, 0.5) is 10.1 Å². The van der Waals surface area contributed by atoms with Gasteiger partial charge in [-0.15, -0.1) is 0 Å². The lowest BCUT2D eigenvalue weighted by Gasteiger charge is -2.29. The molecule has 0 aromatic heterocycles. The molecule has 0 unspecified atom stereocenters. The van der Waals surface area contributed by atoms with Crippen molar-refractivity contribution in [3.63, 3.8) is 0 Å². The van der Waals surface area contributed by atoms with Crippen molar-refractivity contribution in [3.8, 4) is 11.5 Å². The topological polar surface area (TPSA) is 45.3 Å². The standard InChI is InChI=1S/C33H42FN3O3/c1-3-39-31-14-10-13-28-26-36(25-27-11-6-4-7-12-27)22-23-37(20-8-5-9-24-40-33(28)31)32(38)19-21-35(2)30-17-15-29(34)16-18-30/h4,6-7,10-18H,3,5,8-9,19-26H2,1-2H3. The SMILES string of the molecule is CCOc1cccc2c1OCCCCCN(C(=O)CCN(C)c1ccc(F)cc1)CCN(Cc1ccccc1)C2. The van der Waals surface area contributed by atoms with Crippen LogP contribution in [0, 0.1) is 5.82 Å². The van der Waals surface area contributed by atoms with Gasteiger partial charge in [0.25, 0.3) is 0 Å². The second-order valence-electron chi connectivity index (χ2n) is 10.3. The lowest BCUT2D eigenvalue weighted by Crippen LogP contribution is -2.40. The molecule has 0 radical (unpaired) electrons. The molecule has 0 N–H and O–H groups in total. The third kappa shape index (κ3) is 8.71. The summed E-state index contributed by atoms with van der Waals surface area (Å²) >= 11 is 0. The minimum absolute atomic E-state index is 0.152. The van der Waals surface area contributed by atoms with E-state index >= 15 is 0 Å². The van der Waals surface area contributed by atoms with Gasteiger partial charge in [0.15, 0.2) is 11.5 Å². The summed E-state index contributed by atoms with van der Waals surface area (Å²) in [5.41, 5.74) is 3.23. The van der Waals surface area contributed by atoms with Crippen molar-refractivity contribution < 1.29 is 18.7 Å². The summed E-state index contributed by atoms with van der Waals surface area (Å²) in [6.07, 6.45) is 3.25. The van der Waals surface area contributed by atoms with Crippen molar-refractivity contribution in [1.29, 1.82) is 0 Å². The van der Waals surface area contributed by atoms with Crippen LogP contribution in [0.2, 0.25) is 0 Å². The van der Waals surface area contributed by atoms with E-state index in [0.29, 0.717) is 39.3 Å². The number of anilines is 1. The van der Waals surface area contributed by atoms with Gasteiger partial charge in [0, 0.05) is 64.0 Å². The van der Waals surface area contributed by atoms with Gasteiger partial charge >= 0.3 is 0 Å². The molecular formula is C33H42FN3O3. The Morgan fingerprint density at radius 3 is 2.52 bits per heavy atom. The molecule has 1 amide bonds. The average Bonchev–Trinajstić information content (AvgIpc) is 2.98. The van der Waals surface area contributed by atoms with Crippen LogP contribution in [-0.2, 0) is 17.9 Å². The largest absolute Gasteiger partial charge is 0.490 e. The number of para-hydroxylation sites is 1. The number of nitrogens with zero attached hydrogens (tertiary/aromatic N) is 3. The highest BCUT2D eigenvalue weighted by Crippen LogP contribution is 2.33. The summed E-state index contributed by atoms with van der Waals surface area (Å²) in [7, 11) is 1.94. The van der Waals surface area contributed by atoms with Crippen LogP contribution in [-0.4, -0.2) is 62.1 Å². The minimum Gasteiger partial charge on any atom is -0.490 e. The minimum atomic E-state index is -0.259. The number of ether oxygens (including phenoxy) is 2. The van der Waals surface area contributed by atoms with Crippen molar-refractivity contribution in [3.05, 3.63) is 89.7 Å². The molecule has 0 saturated heterocycles. The molecule has 4 rings (SSSR count). The van der Waals surface area contributed by atoms with E-state index in [2.05, 4.69) is 35.2 Å². The van der Waals surface area contributed by atoms with E-state index in [1.807, 2.05) is 42.0 Å². The van der Waals surface area contributed by atoms with Crippen molar-refractivity contribution in [2.75, 3.05) is 51.3 Å². The van der Waals surface area contributed by atoms with Crippen LogP contribution >= 0.6 is 0 Å². The number of fused-ring (bicyclic) bond motifs is 1. The van der Waals surface area contributed by atoms with E-state index in [9.17, 15) is 9.18 Å². The Hall–Kier alpha value is -3.58. The first-order chi connectivity index (χ1) is 19.5. The number of rotatable bonds is 8. The van der Waals surface area contributed by atoms with E-state index in [1.165, 1.54) is 17.7 Å². The Bertz CT molecular complexity index is 1190. The van der Waals surface area contributed by atoms with E-state index in [0.717, 1.165) is 61.6 Å². The van der Waals surface area contributed by atoms with Gasteiger partial charge in [0.1, 0.15) is 5.82 Å². The fourth-order valence-electron chi connectivity index (χ4n) is 5.04. The predicted octanol–water partition coefficient (Wildman–Crippen LogP) is 6.14. The summed E-state index contributed by atoms with van der Waals surface area (Å²) < 4.78 is 25.6. The van der Waals surface area contributed by atoms with Gasteiger partial charge in [-0.3, -0.25) is 9.69 Å². The number of amides is 1. The fraction of sp³-hybridized carbons (Fsp3) is 0.424. The Morgan fingerprint density at radius 2 is 1.75 bits per heavy atom. The number of carbonyl (C=O) groups excluding carboxylic acids is 1. The highest BCUT2D eigenvalue weighted by molar-refractivity contribution is 5.76. The van der Waals surface area contributed by atoms with Crippen LogP contribution < -0.4 is 14.4 Å². The van der Waals surface area contributed by atoms with Crippen molar-refractivity contribution in [1.82, 2.24) is 9.80 Å². The molecule has 214 valence electrons. The first-order valence-corrected chi connectivity index (χ1v) is 14.4. The number of benzene rings is 3. The molecule has 0 saturated carbocycles. The zero-order chi connectivity index (χ0) is 28.2. The third-order valence-corrected chi connectivity index (χ3v) is 7.29. The Morgan fingerprint density at radius 1 is 0.950 bits per heavy atom. The quantitative estimate of drug-likeness (QED) is 0.339. The molecule has 40 heavy (non-hydrogen) atoms. The molecule has 3 aromatic rings. The smallest absolute Gasteiger partial charge is 0.224 e. The Labute approximate surface area is 238 Å². The molecule has 0 aliphatic carbocycles. The molecule has 1 aliphatic rings. The Balaban J connectivity index is 1.49. The molecule has 6 nitrogen and oxygen atoms in total. The number of hydrogen-bond acceptors (Lipinski definition) is 5. The lowest BCUT2D eigenvalue weighted by atomic mass is 10.1. The van der Waals surface area contributed by atoms with Crippen LogP contribution in [0.5, 0.6) is 11.5 Å². The molecule has 1 heterocycles. The van der Waals surface area contributed by atoms with Crippen LogP contribution in [0.1, 0.15) is 43.7 Å². The average molecular weight is 548 g/mol. The number of carbonyl (C=O) groups is 1.